The Balaban J connectivity index is 2.03. The predicted molar refractivity (Wildman–Crippen MR) is 55.4 cm³/mol. The molecule has 3 saturated carbocycles. The molecule has 2 bridgehead atoms. The van der Waals surface area contributed by atoms with E-state index < -0.39 is 0 Å². The molecule has 0 aromatic rings. The van der Waals surface area contributed by atoms with E-state index in [1.807, 2.05) is 0 Å². The van der Waals surface area contributed by atoms with Gasteiger partial charge in [-0.3, -0.25) is 0 Å². The summed E-state index contributed by atoms with van der Waals surface area (Å²) in [7, 11) is 0. The van der Waals surface area contributed by atoms with E-state index in [0.717, 1.165) is 22.7 Å². The van der Waals surface area contributed by atoms with E-state index in [1.165, 1.54) is 19.3 Å². The molecule has 0 aliphatic heterocycles. The van der Waals surface area contributed by atoms with Gasteiger partial charge < -0.3 is 0 Å². The van der Waals surface area contributed by atoms with Crippen LogP contribution in [0.25, 0.3) is 0 Å². The number of rotatable bonds is 0. The summed E-state index contributed by atoms with van der Waals surface area (Å²) in [6.45, 7) is 10.1. The van der Waals surface area contributed by atoms with Crippen LogP contribution in [0.15, 0.2) is 0 Å². The lowest BCUT2D eigenvalue weighted by molar-refractivity contribution is -0.120. The highest BCUT2D eigenvalue weighted by Gasteiger charge is 2.73. The highest BCUT2D eigenvalue weighted by atomic mass is 14.8. The molecular formula is C13H22. The molecule has 0 saturated heterocycles. The van der Waals surface area contributed by atoms with Gasteiger partial charge in [0.1, 0.15) is 0 Å². The van der Waals surface area contributed by atoms with Crippen LogP contribution in [-0.4, -0.2) is 0 Å². The van der Waals surface area contributed by atoms with Crippen molar-refractivity contribution in [3.05, 3.63) is 0 Å². The summed E-state index contributed by atoms with van der Waals surface area (Å²) in [5.74, 6) is 2.00. The van der Waals surface area contributed by atoms with Gasteiger partial charge in [0.15, 0.2) is 0 Å². The molecule has 3 aliphatic rings. The SMILES string of the molecule is CC1CC23CC(C)C2(C)CC1(C)C3. The van der Waals surface area contributed by atoms with Crippen molar-refractivity contribution in [3.63, 3.8) is 0 Å². The summed E-state index contributed by atoms with van der Waals surface area (Å²) >= 11 is 0. The maximum absolute atomic E-state index is 2.57. The lowest BCUT2D eigenvalue weighted by Gasteiger charge is -2.61. The van der Waals surface area contributed by atoms with Gasteiger partial charge in [-0.05, 0) is 53.8 Å². The van der Waals surface area contributed by atoms with Gasteiger partial charge in [0.2, 0.25) is 0 Å². The van der Waals surface area contributed by atoms with Crippen LogP contribution in [0, 0.1) is 28.1 Å². The minimum absolute atomic E-state index is 0.708. The second-order valence-electron chi connectivity index (χ2n) is 6.92. The maximum Gasteiger partial charge on any atom is -0.0230 e. The van der Waals surface area contributed by atoms with Gasteiger partial charge in [-0.15, -0.1) is 0 Å². The predicted octanol–water partition coefficient (Wildman–Crippen LogP) is 3.86. The fourth-order valence-corrected chi connectivity index (χ4v) is 5.32. The van der Waals surface area contributed by atoms with Crippen LogP contribution in [0.4, 0.5) is 0 Å². The van der Waals surface area contributed by atoms with Crippen molar-refractivity contribution in [2.45, 2.75) is 53.4 Å². The molecule has 0 amide bonds. The molecule has 0 radical (unpaired) electrons. The number of hydrogen-bond acceptors (Lipinski definition) is 0. The molecule has 5 unspecified atom stereocenters. The van der Waals surface area contributed by atoms with Crippen LogP contribution >= 0.6 is 0 Å². The van der Waals surface area contributed by atoms with Crippen LogP contribution in [0.3, 0.4) is 0 Å². The van der Waals surface area contributed by atoms with Gasteiger partial charge in [-0.25, -0.2) is 0 Å². The monoisotopic (exact) mass is 178 g/mol. The second-order valence-corrected chi connectivity index (χ2v) is 6.92. The van der Waals surface area contributed by atoms with E-state index >= 15 is 0 Å². The largest absolute Gasteiger partial charge is 0.0620 e. The Labute approximate surface area is 82.1 Å². The highest BCUT2D eigenvalue weighted by molar-refractivity contribution is 5.22. The van der Waals surface area contributed by atoms with Crippen molar-refractivity contribution >= 4 is 0 Å². The summed E-state index contributed by atoms with van der Waals surface area (Å²) in [4.78, 5) is 0. The first-order valence-electron chi connectivity index (χ1n) is 5.92. The summed E-state index contributed by atoms with van der Waals surface area (Å²) < 4.78 is 0. The number of hydrogen-bond donors (Lipinski definition) is 0. The van der Waals surface area contributed by atoms with Crippen molar-refractivity contribution in [2.75, 3.05) is 0 Å². The van der Waals surface area contributed by atoms with E-state index in [-0.39, 0.29) is 0 Å². The minimum Gasteiger partial charge on any atom is -0.0620 e. The van der Waals surface area contributed by atoms with E-state index in [4.69, 9.17) is 0 Å². The molecule has 0 aromatic heterocycles. The van der Waals surface area contributed by atoms with Gasteiger partial charge in [0, 0.05) is 0 Å². The topological polar surface area (TPSA) is 0 Å². The fraction of sp³-hybridized carbons (Fsp3) is 1.00. The summed E-state index contributed by atoms with van der Waals surface area (Å²) in [6.07, 6.45) is 6.12. The summed E-state index contributed by atoms with van der Waals surface area (Å²) in [6, 6.07) is 0. The van der Waals surface area contributed by atoms with Crippen molar-refractivity contribution in [1.82, 2.24) is 0 Å². The Morgan fingerprint density at radius 1 is 0.923 bits per heavy atom. The van der Waals surface area contributed by atoms with Crippen LogP contribution in [0.2, 0.25) is 0 Å². The molecule has 3 aliphatic carbocycles. The molecule has 13 heavy (non-hydrogen) atoms. The standard InChI is InChI=1S/C13H22/c1-9-5-13-6-10(2)12(13,4)7-11(9,3)8-13/h9-10H,5-8H2,1-4H3. The first-order chi connectivity index (χ1) is 5.92. The molecule has 0 nitrogen and oxygen atoms in total. The molecule has 0 heterocycles. The molecule has 74 valence electrons. The van der Waals surface area contributed by atoms with Crippen molar-refractivity contribution < 1.29 is 0 Å². The van der Waals surface area contributed by atoms with Gasteiger partial charge in [0.05, 0.1) is 0 Å². The Morgan fingerprint density at radius 3 is 2.00 bits per heavy atom. The smallest absolute Gasteiger partial charge is 0.0230 e. The third-order valence-corrected chi connectivity index (χ3v) is 6.40. The molecule has 0 N–H and O–H groups in total. The van der Waals surface area contributed by atoms with Crippen molar-refractivity contribution in [1.29, 1.82) is 0 Å². The highest BCUT2D eigenvalue weighted by Crippen LogP contribution is 2.81. The Morgan fingerprint density at radius 2 is 1.54 bits per heavy atom. The third-order valence-electron chi connectivity index (χ3n) is 6.40. The van der Waals surface area contributed by atoms with Gasteiger partial charge >= 0.3 is 0 Å². The normalized spacial score (nSPS) is 69.2. The van der Waals surface area contributed by atoms with Gasteiger partial charge in [0.25, 0.3) is 0 Å². The van der Waals surface area contributed by atoms with E-state index in [1.54, 1.807) is 6.42 Å². The third kappa shape index (κ3) is 0.649. The van der Waals surface area contributed by atoms with Crippen LogP contribution < -0.4 is 0 Å². The van der Waals surface area contributed by atoms with E-state index in [9.17, 15) is 0 Å². The van der Waals surface area contributed by atoms with Crippen LogP contribution in [0.1, 0.15) is 53.4 Å². The molecular weight excluding hydrogens is 156 g/mol. The zero-order valence-electron chi connectivity index (χ0n) is 9.48. The Hall–Kier alpha value is 0. The fourth-order valence-electron chi connectivity index (χ4n) is 5.32. The van der Waals surface area contributed by atoms with Crippen molar-refractivity contribution in [3.8, 4) is 0 Å². The quantitative estimate of drug-likeness (QED) is 0.528. The first kappa shape index (κ1) is 8.32. The molecule has 5 atom stereocenters. The lowest BCUT2D eigenvalue weighted by atomic mass is 9.44. The minimum atomic E-state index is 0.708. The first-order valence-corrected chi connectivity index (χ1v) is 5.92. The van der Waals surface area contributed by atoms with Crippen molar-refractivity contribution in [2.24, 2.45) is 28.1 Å². The second kappa shape index (κ2) is 1.85. The van der Waals surface area contributed by atoms with E-state index in [2.05, 4.69) is 27.7 Å². The molecule has 3 rings (SSSR count). The van der Waals surface area contributed by atoms with Crippen LogP contribution in [0.5, 0.6) is 0 Å². The van der Waals surface area contributed by atoms with Gasteiger partial charge in [-0.2, -0.15) is 0 Å². The average molecular weight is 178 g/mol. The lowest BCUT2D eigenvalue weighted by Crippen LogP contribution is -2.53. The summed E-state index contributed by atoms with van der Waals surface area (Å²) in [5, 5.41) is 0. The Kier molecular flexibility index (Phi) is 1.19. The molecule has 0 aromatic carbocycles. The molecule has 1 spiro atoms. The molecule has 0 heteroatoms. The zero-order valence-corrected chi connectivity index (χ0v) is 9.48. The summed E-state index contributed by atoms with van der Waals surface area (Å²) in [5.41, 5.74) is 2.23. The number of fused-ring (bicyclic) bond motifs is 1. The van der Waals surface area contributed by atoms with Gasteiger partial charge in [-0.1, -0.05) is 27.7 Å². The zero-order chi connectivity index (χ0) is 9.48. The maximum atomic E-state index is 2.57. The Bertz CT molecular complexity index is 269. The van der Waals surface area contributed by atoms with E-state index in [0.29, 0.717) is 5.41 Å². The van der Waals surface area contributed by atoms with Crippen LogP contribution in [-0.2, 0) is 0 Å². The average Bonchev–Trinajstić information content (AvgIpc) is 2.34. The molecule has 3 fully saturated rings.